The summed E-state index contributed by atoms with van der Waals surface area (Å²) >= 11 is 0. The Bertz CT molecular complexity index is 1310. The second kappa shape index (κ2) is 6.95. The molecule has 0 saturated carbocycles. The average Bonchev–Trinajstić information content (AvgIpc) is 3.10. The molecule has 4 heterocycles. The van der Waals surface area contributed by atoms with E-state index in [2.05, 4.69) is 40.1 Å². The molecule has 154 valence electrons. The van der Waals surface area contributed by atoms with E-state index in [1.165, 1.54) is 0 Å². The summed E-state index contributed by atoms with van der Waals surface area (Å²) in [5.74, 6) is 0. The van der Waals surface area contributed by atoms with E-state index >= 15 is 0 Å². The molecule has 0 amide bonds. The number of nitrogens with one attached hydrogen (secondary N) is 1. The molecule has 7 nitrogen and oxygen atoms in total. The van der Waals surface area contributed by atoms with E-state index in [4.69, 9.17) is 4.42 Å². The summed E-state index contributed by atoms with van der Waals surface area (Å²) in [5, 5.41) is 4.42. The molecule has 1 aliphatic rings. The standard InChI is InChI=1S/C23H25N5O2/c1-13-9-27(10-14(2)24-13)18-6-5-17-7-19(23(29)30-21(17)8-18)20-12-28-11-15(3)25-16(4)22(28)26-20/h5-8,11-14,24H,9-10H2,1-4H3/t13-,14+. The number of hydrogen-bond acceptors (Lipinski definition) is 6. The number of anilines is 1. The molecule has 7 heteroatoms. The number of fused-ring (bicyclic) bond motifs is 2. The first-order chi connectivity index (χ1) is 14.4. The van der Waals surface area contributed by atoms with Gasteiger partial charge in [0.05, 0.1) is 22.6 Å². The highest BCUT2D eigenvalue weighted by Gasteiger charge is 2.22. The molecule has 1 N–H and O–H groups in total. The van der Waals surface area contributed by atoms with Crippen LogP contribution < -0.4 is 15.8 Å². The van der Waals surface area contributed by atoms with Crippen LogP contribution in [0.5, 0.6) is 0 Å². The summed E-state index contributed by atoms with van der Waals surface area (Å²) in [4.78, 5) is 24.2. The molecule has 0 aliphatic carbocycles. The topological polar surface area (TPSA) is 75.7 Å². The van der Waals surface area contributed by atoms with Crippen LogP contribution in [0.1, 0.15) is 25.2 Å². The Balaban J connectivity index is 1.56. The second-order valence-electron chi connectivity index (χ2n) is 8.37. The van der Waals surface area contributed by atoms with E-state index in [0.29, 0.717) is 28.9 Å². The Morgan fingerprint density at radius 2 is 1.83 bits per heavy atom. The van der Waals surface area contributed by atoms with E-state index in [0.717, 1.165) is 41.2 Å². The number of aromatic nitrogens is 3. The molecule has 0 spiro atoms. The summed E-state index contributed by atoms with van der Waals surface area (Å²) in [6.45, 7) is 10.1. The minimum atomic E-state index is -0.382. The molecule has 1 aliphatic heterocycles. The van der Waals surface area contributed by atoms with Gasteiger partial charge in [-0.2, -0.15) is 0 Å². The fraction of sp³-hybridized carbons (Fsp3) is 0.348. The van der Waals surface area contributed by atoms with Gasteiger partial charge in [0.15, 0.2) is 5.65 Å². The lowest BCUT2D eigenvalue weighted by Gasteiger charge is -2.37. The fourth-order valence-electron chi connectivity index (χ4n) is 4.45. The quantitative estimate of drug-likeness (QED) is 0.518. The van der Waals surface area contributed by atoms with Crippen molar-refractivity contribution in [3.63, 3.8) is 0 Å². The number of imidazole rings is 1. The highest BCUT2D eigenvalue weighted by atomic mass is 16.4. The average molecular weight is 403 g/mol. The number of rotatable bonds is 2. The normalized spacial score (nSPS) is 19.7. The van der Waals surface area contributed by atoms with E-state index < -0.39 is 0 Å². The van der Waals surface area contributed by atoms with Crippen LogP contribution in [0.2, 0.25) is 0 Å². The number of benzene rings is 1. The molecule has 30 heavy (non-hydrogen) atoms. The van der Waals surface area contributed by atoms with E-state index in [9.17, 15) is 4.79 Å². The molecule has 3 aromatic heterocycles. The Kier molecular flexibility index (Phi) is 4.36. The molecule has 1 saturated heterocycles. The number of nitrogens with zero attached hydrogens (tertiary/aromatic N) is 4. The minimum absolute atomic E-state index is 0.382. The summed E-state index contributed by atoms with van der Waals surface area (Å²) in [5.41, 5.74) is 4.81. The third-order valence-corrected chi connectivity index (χ3v) is 5.64. The lowest BCUT2D eigenvalue weighted by atomic mass is 10.1. The zero-order valence-corrected chi connectivity index (χ0v) is 17.6. The van der Waals surface area contributed by atoms with Gasteiger partial charge in [-0.1, -0.05) is 0 Å². The molecular formula is C23H25N5O2. The predicted molar refractivity (Wildman–Crippen MR) is 118 cm³/mol. The van der Waals surface area contributed by atoms with Crippen molar-refractivity contribution in [2.45, 2.75) is 39.8 Å². The number of hydrogen-bond donors (Lipinski definition) is 1. The van der Waals surface area contributed by atoms with Gasteiger partial charge < -0.3 is 19.0 Å². The van der Waals surface area contributed by atoms with E-state index in [-0.39, 0.29) is 5.63 Å². The summed E-state index contributed by atoms with van der Waals surface area (Å²) in [6, 6.07) is 8.77. The molecular weight excluding hydrogens is 378 g/mol. The van der Waals surface area contributed by atoms with Crippen LogP contribution in [0.15, 0.2) is 45.9 Å². The first-order valence-corrected chi connectivity index (χ1v) is 10.3. The van der Waals surface area contributed by atoms with Crippen LogP contribution in [0.3, 0.4) is 0 Å². The number of aryl methyl sites for hydroxylation is 2. The van der Waals surface area contributed by atoms with Crippen molar-refractivity contribution in [3.8, 4) is 11.3 Å². The second-order valence-corrected chi connectivity index (χ2v) is 8.37. The molecule has 0 bridgehead atoms. The molecule has 2 atom stereocenters. The maximum atomic E-state index is 12.8. The van der Waals surface area contributed by atoms with Crippen molar-refractivity contribution in [3.05, 3.63) is 58.5 Å². The van der Waals surface area contributed by atoms with Crippen molar-refractivity contribution in [2.24, 2.45) is 0 Å². The fourth-order valence-corrected chi connectivity index (χ4v) is 4.45. The van der Waals surface area contributed by atoms with E-state index in [1.54, 1.807) is 0 Å². The van der Waals surface area contributed by atoms with Crippen molar-refractivity contribution < 1.29 is 4.42 Å². The smallest absolute Gasteiger partial charge is 0.345 e. The lowest BCUT2D eigenvalue weighted by molar-refractivity contribution is 0.407. The highest BCUT2D eigenvalue weighted by Crippen LogP contribution is 2.26. The largest absolute Gasteiger partial charge is 0.422 e. The molecule has 1 aromatic carbocycles. The summed E-state index contributed by atoms with van der Waals surface area (Å²) in [7, 11) is 0. The van der Waals surface area contributed by atoms with Gasteiger partial charge in [0.25, 0.3) is 0 Å². The van der Waals surface area contributed by atoms with Crippen molar-refractivity contribution in [1.82, 2.24) is 19.7 Å². The van der Waals surface area contributed by atoms with Crippen LogP contribution in [0.4, 0.5) is 5.69 Å². The molecule has 1 fully saturated rings. The Morgan fingerprint density at radius 1 is 1.07 bits per heavy atom. The van der Waals surface area contributed by atoms with Gasteiger partial charge in [0.2, 0.25) is 0 Å². The van der Waals surface area contributed by atoms with Gasteiger partial charge in [-0.15, -0.1) is 0 Å². The highest BCUT2D eigenvalue weighted by molar-refractivity contribution is 5.84. The first-order valence-electron chi connectivity index (χ1n) is 10.3. The molecule has 0 unspecified atom stereocenters. The zero-order chi connectivity index (χ0) is 21.0. The molecule has 0 radical (unpaired) electrons. The van der Waals surface area contributed by atoms with Gasteiger partial charge in [0.1, 0.15) is 5.58 Å². The Hall–Kier alpha value is -3.19. The SMILES string of the molecule is Cc1cn2cc(-c3cc4ccc(N5C[C@@H](C)N[C@@H](C)C5)cc4oc3=O)nc2c(C)n1. The van der Waals surface area contributed by atoms with Crippen molar-refractivity contribution in [2.75, 3.05) is 18.0 Å². The lowest BCUT2D eigenvalue weighted by Crippen LogP contribution is -2.54. The third-order valence-electron chi connectivity index (χ3n) is 5.64. The van der Waals surface area contributed by atoms with Crippen LogP contribution in [-0.2, 0) is 0 Å². The first kappa shape index (κ1) is 18.8. The third kappa shape index (κ3) is 3.25. The monoisotopic (exact) mass is 403 g/mol. The van der Waals surface area contributed by atoms with Crippen molar-refractivity contribution >= 4 is 22.3 Å². The van der Waals surface area contributed by atoms with Crippen LogP contribution >= 0.6 is 0 Å². The molecule has 5 rings (SSSR count). The minimum Gasteiger partial charge on any atom is -0.422 e. The molecule has 4 aromatic rings. The summed E-state index contributed by atoms with van der Waals surface area (Å²) < 4.78 is 7.63. The van der Waals surface area contributed by atoms with E-state index in [1.807, 2.05) is 48.8 Å². The van der Waals surface area contributed by atoms with Gasteiger partial charge >= 0.3 is 5.63 Å². The predicted octanol–water partition coefficient (Wildman–Crippen LogP) is 3.31. The zero-order valence-electron chi connectivity index (χ0n) is 17.6. The van der Waals surface area contributed by atoms with Crippen molar-refractivity contribution in [1.29, 1.82) is 0 Å². The number of piperazine rings is 1. The Morgan fingerprint density at radius 3 is 2.60 bits per heavy atom. The van der Waals surface area contributed by atoms with Gasteiger partial charge in [-0.3, -0.25) is 4.98 Å². The Labute approximate surface area is 174 Å². The maximum Gasteiger partial charge on any atom is 0.345 e. The van der Waals surface area contributed by atoms with Crippen LogP contribution in [-0.4, -0.2) is 39.5 Å². The van der Waals surface area contributed by atoms with Gasteiger partial charge in [-0.25, -0.2) is 9.78 Å². The van der Waals surface area contributed by atoms with Gasteiger partial charge in [0, 0.05) is 54.7 Å². The maximum absolute atomic E-state index is 12.8. The van der Waals surface area contributed by atoms with Crippen LogP contribution in [0.25, 0.3) is 27.9 Å². The van der Waals surface area contributed by atoms with Crippen LogP contribution in [0, 0.1) is 13.8 Å². The summed E-state index contributed by atoms with van der Waals surface area (Å²) in [6.07, 6.45) is 3.76. The van der Waals surface area contributed by atoms with Gasteiger partial charge in [-0.05, 0) is 45.9 Å².